The molecule has 2 heterocycles. The minimum atomic E-state index is -0.907. The minimum Gasteiger partial charge on any atom is -0.453 e. The van der Waals surface area contributed by atoms with E-state index in [0.717, 1.165) is 21.7 Å². The Morgan fingerprint density at radius 3 is 2.64 bits per heavy atom. The number of ether oxygens (including phenoxy) is 1. The van der Waals surface area contributed by atoms with Crippen molar-refractivity contribution in [1.29, 1.82) is 0 Å². The Bertz CT molecular complexity index is 946. The molecule has 1 aromatic carbocycles. The van der Waals surface area contributed by atoms with Crippen LogP contribution in [-0.4, -0.2) is 28.1 Å². The second-order valence-electron chi connectivity index (χ2n) is 6.38. The highest BCUT2D eigenvalue weighted by atomic mass is 32.1. The minimum absolute atomic E-state index is 0.0487. The fraction of sp³-hybridized carbons (Fsp3) is 0.300. The summed E-state index contributed by atoms with van der Waals surface area (Å²) in [6, 6.07) is 9.54. The molecule has 1 atom stereocenters. The molecule has 3 rings (SSSR count). The molecule has 3 aromatic rings. The van der Waals surface area contributed by atoms with Gasteiger partial charge in [-0.25, -0.2) is 0 Å². The van der Waals surface area contributed by atoms with E-state index < -0.39 is 12.1 Å². The lowest BCUT2D eigenvalue weighted by Crippen LogP contribution is -2.30. The lowest BCUT2D eigenvalue weighted by atomic mass is 10.1. The summed E-state index contributed by atoms with van der Waals surface area (Å²) in [6.07, 6.45) is -0.605. The Morgan fingerprint density at radius 1 is 1.21 bits per heavy atom. The highest BCUT2D eigenvalue weighted by Crippen LogP contribution is 2.22. The number of thiophene rings is 1. The molecular weight excluding hydrogens is 378 g/mol. The monoisotopic (exact) mass is 399 g/mol. The maximum absolute atomic E-state index is 12.3. The van der Waals surface area contributed by atoms with E-state index >= 15 is 0 Å². The van der Waals surface area contributed by atoms with Gasteiger partial charge in [-0.15, -0.1) is 11.3 Å². The Labute approximate surface area is 166 Å². The SMILES string of the molecule is Cc1cccc(C)c1NC(=O)C(C)OC(=O)CCc1nc(-c2cccs2)no1. The molecule has 0 spiro atoms. The number of benzene rings is 1. The van der Waals surface area contributed by atoms with Crippen LogP contribution in [0.15, 0.2) is 40.2 Å². The highest BCUT2D eigenvalue weighted by Gasteiger charge is 2.20. The van der Waals surface area contributed by atoms with Crippen molar-refractivity contribution in [3.8, 4) is 10.7 Å². The smallest absolute Gasteiger partial charge is 0.307 e. The molecule has 8 heteroatoms. The van der Waals surface area contributed by atoms with E-state index in [4.69, 9.17) is 9.26 Å². The summed E-state index contributed by atoms with van der Waals surface area (Å²) in [4.78, 5) is 29.6. The van der Waals surface area contributed by atoms with E-state index in [1.165, 1.54) is 11.3 Å². The zero-order valence-electron chi connectivity index (χ0n) is 15.9. The number of carbonyl (C=O) groups is 2. The van der Waals surface area contributed by atoms with Crippen molar-refractivity contribution in [3.05, 3.63) is 52.7 Å². The van der Waals surface area contributed by atoms with Gasteiger partial charge in [0.25, 0.3) is 5.91 Å². The van der Waals surface area contributed by atoms with Gasteiger partial charge in [0, 0.05) is 12.1 Å². The third-order valence-corrected chi connectivity index (χ3v) is 5.03. The first-order valence-corrected chi connectivity index (χ1v) is 9.75. The van der Waals surface area contributed by atoms with Gasteiger partial charge in [0.1, 0.15) is 0 Å². The molecule has 2 aromatic heterocycles. The van der Waals surface area contributed by atoms with Crippen LogP contribution in [0.1, 0.15) is 30.4 Å². The van der Waals surface area contributed by atoms with Crippen LogP contribution in [0.2, 0.25) is 0 Å². The Balaban J connectivity index is 1.49. The lowest BCUT2D eigenvalue weighted by Gasteiger charge is -2.16. The second kappa shape index (κ2) is 8.79. The van der Waals surface area contributed by atoms with Crippen LogP contribution < -0.4 is 5.32 Å². The molecule has 0 aliphatic carbocycles. The average Bonchev–Trinajstić information content (AvgIpc) is 3.34. The highest BCUT2D eigenvalue weighted by molar-refractivity contribution is 7.13. The third kappa shape index (κ3) is 4.83. The van der Waals surface area contributed by atoms with Gasteiger partial charge in [0.2, 0.25) is 11.7 Å². The summed E-state index contributed by atoms with van der Waals surface area (Å²) in [5.74, 6) is -0.0174. The van der Waals surface area contributed by atoms with Gasteiger partial charge in [-0.2, -0.15) is 4.98 Å². The van der Waals surface area contributed by atoms with Crippen molar-refractivity contribution in [1.82, 2.24) is 10.1 Å². The van der Waals surface area contributed by atoms with Crippen molar-refractivity contribution in [2.45, 2.75) is 39.7 Å². The van der Waals surface area contributed by atoms with E-state index in [0.29, 0.717) is 11.7 Å². The van der Waals surface area contributed by atoms with Crippen LogP contribution in [0.4, 0.5) is 5.69 Å². The van der Waals surface area contributed by atoms with Crippen molar-refractivity contribution in [3.63, 3.8) is 0 Å². The number of aromatic nitrogens is 2. The molecule has 7 nitrogen and oxygen atoms in total. The molecule has 0 saturated heterocycles. The van der Waals surface area contributed by atoms with E-state index in [1.54, 1.807) is 6.92 Å². The van der Waals surface area contributed by atoms with E-state index in [-0.39, 0.29) is 18.7 Å². The number of esters is 1. The van der Waals surface area contributed by atoms with E-state index in [1.807, 2.05) is 49.6 Å². The summed E-state index contributed by atoms with van der Waals surface area (Å²) in [5.41, 5.74) is 2.64. The average molecular weight is 399 g/mol. The van der Waals surface area contributed by atoms with Crippen LogP contribution in [0, 0.1) is 13.8 Å². The molecule has 0 aliphatic heterocycles. The molecule has 1 unspecified atom stereocenters. The molecule has 0 aliphatic rings. The molecule has 0 fully saturated rings. The molecule has 0 saturated carbocycles. The van der Waals surface area contributed by atoms with Crippen molar-refractivity contribution >= 4 is 28.9 Å². The molecule has 0 bridgehead atoms. The van der Waals surface area contributed by atoms with Gasteiger partial charge in [0.15, 0.2) is 6.10 Å². The molecular formula is C20H21N3O4S. The van der Waals surface area contributed by atoms with Gasteiger partial charge in [0.05, 0.1) is 11.3 Å². The van der Waals surface area contributed by atoms with Gasteiger partial charge in [-0.3, -0.25) is 9.59 Å². The number of hydrogen-bond donors (Lipinski definition) is 1. The van der Waals surface area contributed by atoms with Crippen LogP contribution in [0.25, 0.3) is 10.7 Å². The number of rotatable bonds is 7. The number of nitrogens with zero attached hydrogens (tertiary/aromatic N) is 2. The molecule has 1 amide bonds. The maximum atomic E-state index is 12.3. The molecule has 1 N–H and O–H groups in total. The van der Waals surface area contributed by atoms with Gasteiger partial charge < -0.3 is 14.6 Å². The van der Waals surface area contributed by atoms with Crippen LogP contribution in [0.3, 0.4) is 0 Å². The zero-order chi connectivity index (χ0) is 20.1. The van der Waals surface area contributed by atoms with Crippen molar-refractivity contribution < 1.29 is 18.8 Å². The normalized spacial score (nSPS) is 11.8. The summed E-state index contributed by atoms with van der Waals surface area (Å²) in [7, 11) is 0. The standard InChI is InChI=1S/C20H21N3O4S/c1-12-6-4-7-13(2)18(12)22-20(25)14(3)26-17(24)10-9-16-21-19(23-27-16)15-8-5-11-28-15/h4-8,11,14H,9-10H2,1-3H3,(H,22,25). The molecule has 28 heavy (non-hydrogen) atoms. The number of hydrogen-bond acceptors (Lipinski definition) is 7. The van der Waals surface area contributed by atoms with Gasteiger partial charge in [-0.1, -0.05) is 29.4 Å². The van der Waals surface area contributed by atoms with Crippen molar-refractivity contribution in [2.75, 3.05) is 5.32 Å². The zero-order valence-corrected chi connectivity index (χ0v) is 16.7. The Morgan fingerprint density at radius 2 is 1.96 bits per heavy atom. The number of para-hydroxylation sites is 1. The largest absolute Gasteiger partial charge is 0.453 e. The summed E-state index contributed by atoms with van der Waals surface area (Å²) in [5, 5.41) is 8.64. The third-order valence-electron chi connectivity index (χ3n) is 4.16. The number of amides is 1. The quantitative estimate of drug-likeness (QED) is 0.605. The first-order valence-electron chi connectivity index (χ1n) is 8.87. The topological polar surface area (TPSA) is 94.3 Å². The number of carbonyl (C=O) groups excluding carboxylic acids is 2. The number of nitrogens with one attached hydrogen (secondary N) is 1. The van der Waals surface area contributed by atoms with E-state index in [9.17, 15) is 9.59 Å². The number of aryl methyl sites for hydroxylation is 3. The molecule has 0 radical (unpaired) electrons. The predicted octanol–water partition coefficient (Wildman–Crippen LogP) is 3.92. The maximum Gasteiger partial charge on any atom is 0.307 e. The Hall–Kier alpha value is -3.00. The lowest BCUT2D eigenvalue weighted by molar-refractivity contribution is -0.153. The van der Waals surface area contributed by atoms with Crippen LogP contribution >= 0.6 is 11.3 Å². The van der Waals surface area contributed by atoms with Gasteiger partial charge >= 0.3 is 5.97 Å². The summed E-state index contributed by atoms with van der Waals surface area (Å²) < 4.78 is 10.4. The second-order valence-corrected chi connectivity index (χ2v) is 7.32. The fourth-order valence-corrected chi connectivity index (χ4v) is 3.27. The fourth-order valence-electron chi connectivity index (χ4n) is 2.62. The first-order chi connectivity index (χ1) is 13.4. The summed E-state index contributed by atoms with van der Waals surface area (Å²) in [6.45, 7) is 5.37. The van der Waals surface area contributed by atoms with E-state index in [2.05, 4.69) is 15.5 Å². The Kier molecular flexibility index (Phi) is 6.20. The van der Waals surface area contributed by atoms with Crippen LogP contribution in [0.5, 0.6) is 0 Å². The number of anilines is 1. The van der Waals surface area contributed by atoms with Crippen molar-refractivity contribution in [2.24, 2.45) is 0 Å². The predicted molar refractivity (Wildman–Crippen MR) is 106 cm³/mol. The first kappa shape index (κ1) is 19.8. The van der Waals surface area contributed by atoms with Crippen LogP contribution in [-0.2, 0) is 20.7 Å². The summed E-state index contributed by atoms with van der Waals surface area (Å²) >= 11 is 1.51. The van der Waals surface area contributed by atoms with Gasteiger partial charge in [-0.05, 0) is 43.3 Å². The molecule has 146 valence electrons.